The number of anilines is 1. The van der Waals surface area contributed by atoms with Gasteiger partial charge in [0.2, 0.25) is 0 Å². The van der Waals surface area contributed by atoms with Gasteiger partial charge in [-0.05, 0) is 24.6 Å². The summed E-state index contributed by atoms with van der Waals surface area (Å²) in [5, 5.41) is 11.7. The van der Waals surface area contributed by atoms with Gasteiger partial charge in [-0.1, -0.05) is 30.3 Å². The average Bonchev–Trinajstić information content (AvgIpc) is 3.14. The van der Waals surface area contributed by atoms with Crippen molar-refractivity contribution in [1.82, 2.24) is 4.98 Å². The Bertz CT molecular complexity index is 1240. The van der Waals surface area contributed by atoms with Crippen molar-refractivity contribution < 1.29 is 31.4 Å². The number of para-hydroxylation sites is 1. The fourth-order valence-corrected chi connectivity index (χ4v) is 4.99. The van der Waals surface area contributed by atoms with Crippen molar-refractivity contribution in [3.8, 4) is 16.9 Å². The van der Waals surface area contributed by atoms with Gasteiger partial charge in [0.1, 0.15) is 5.75 Å². The molecule has 2 heterocycles. The van der Waals surface area contributed by atoms with Crippen LogP contribution < -0.4 is 9.46 Å². The van der Waals surface area contributed by atoms with Gasteiger partial charge in [-0.25, -0.2) is 4.98 Å². The predicted molar refractivity (Wildman–Crippen MR) is 115 cm³/mol. The number of aliphatic hydroxyl groups is 1. The van der Waals surface area contributed by atoms with Crippen LogP contribution in [0.3, 0.4) is 0 Å². The maximum atomic E-state index is 12.8. The molecule has 2 N–H and O–H groups in total. The first-order chi connectivity index (χ1) is 15.0. The van der Waals surface area contributed by atoms with Gasteiger partial charge >= 0.3 is 15.5 Å². The zero-order valence-corrected chi connectivity index (χ0v) is 18.4. The van der Waals surface area contributed by atoms with Gasteiger partial charge in [0.25, 0.3) is 0 Å². The van der Waals surface area contributed by atoms with E-state index in [1.165, 1.54) is 18.2 Å². The van der Waals surface area contributed by atoms with Crippen molar-refractivity contribution in [1.29, 1.82) is 0 Å². The number of hydrogen-bond donors (Lipinski definition) is 2. The number of sulfonamides is 1. The largest absolute Gasteiger partial charge is 0.516 e. The van der Waals surface area contributed by atoms with Crippen LogP contribution in [0.25, 0.3) is 11.1 Å². The number of hydrogen-bond acceptors (Lipinski definition) is 6. The number of halogens is 3. The van der Waals surface area contributed by atoms with Gasteiger partial charge < -0.3 is 9.84 Å². The van der Waals surface area contributed by atoms with Crippen LogP contribution in [-0.2, 0) is 16.4 Å². The highest BCUT2D eigenvalue weighted by molar-refractivity contribution is 7.93. The molecular weight excluding hydrogens is 465 g/mol. The maximum absolute atomic E-state index is 12.8. The molecule has 2 atom stereocenters. The normalized spacial score (nSPS) is 18.7. The number of nitrogens with zero attached hydrogens (tertiary/aromatic N) is 1. The highest BCUT2D eigenvalue weighted by atomic mass is 32.2. The molecule has 11 heteroatoms. The lowest BCUT2D eigenvalue weighted by molar-refractivity contribution is -0.0429. The number of aryl methyl sites for hydroxylation is 1. The standard InChI is InChI=1S/C21H19F3N2O4S2/c1-12-10-25-19(31-12)9-14-11-30-18-8-13(6-7-16(18)20(14)27)15-4-2-3-5-17(15)26-32(28,29)21(22,23)24/h2-8,10,14,20,26-27H,9,11H2,1H3/t14-,20+/m1/s1. The zero-order valence-electron chi connectivity index (χ0n) is 16.8. The van der Waals surface area contributed by atoms with Crippen LogP contribution in [0.1, 0.15) is 21.6 Å². The van der Waals surface area contributed by atoms with E-state index in [-0.39, 0.29) is 23.8 Å². The number of aromatic nitrogens is 1. The van der Waals surface area contributed by atoms with Crippen LogP contribution in [0.15, 0.2) is 48.7 Å². The van der Waals surface area contributed by atoms with Crippen molar-refractivity contribution >= 4 is 27.0 Å². The van der Waals surface area contributed by atoms with Crippen LogP contribution in [0.5, 0.6) is 5.75 Å². The number of rotatable bonds is 5. The predicted octanol–water partition coefficient (Wildman–Crippen LogP) is 4.66. The monoisotopic (exact) mass is 484 g/mol. The lowest BCUT2D eigenvalue weighted by Crippen LogP contribution is -2.30. The second-order valence-corrected chi connectivity index (χ2v) is 10.4. The molecule has 2 aromatic carbocycles. The van der Waals surface area contributed by atoms with E-state index in [2.05, 4.69) is 4.98 Å². The molecule has 0 fully saturated rings. The molecule has 1 aliphatic heterocycles. The smallest absolute Gasteiger partial charge is 0.493 e. The van der Waals surface area contributed by atoms with Crippen molar-refractivity contribution in [2.75, 3.05) is 11.3 Å². The van der Waals surface area contributed by atoms with E-state index in [1.807, 2.05) is 6.92 Å². The van der Waals surface area contributed by atoms with Gasteiger partial charge in [-0.2, -0.15) is 21.6 Å². The molecule has 0 saturated carbocycles. The molecule has 1 aliphatic rings. The molecule has 0 saturated heterocycles. The lowest BCUT2D eigenvalue weighted by atomic mass is 9.89. The average molecular weight is 485 g/mol. The summed E-state index contributed by atoms with van der Waals surface area (Å²) in [5.41, 5.74) is -4.38. The Kier molecular flexibility index (Phi) is 5.91. The molecule has 0 bridgehead atoms. The molecule has 170 valence electrons. The number of aliphatic hydroxyl groups excluding tert-OH is 1. The highest BCUT2D eigenvalue weighted by Crippen LogP contribution is 2.41. The number of fused-ring (bicyclic) bond motifs is 1. The molecule has 6 nitrogen and oxygen atoms in total. The molecule has 1 aromatic heterocycles. The third-order valence-electron chi connectivity index (χ3n) is 5.12. The topological polar surface area (TPSA) is 88.5 Å². The second kappa shape index (κ2) is 8.38. The summed E-state index contributed by atoms with van der Waals surface area (Å²) in [4.78, 5) is 5.41. The Morgan fingerprint density at radius 2 is 2.00 bits per heavy atom. The minimum Gasteiger partial charge on any atom is -0.493 e. The summed E-state index contributed by atoms with van der Waals surface area (Å²) in [5.74, 6) is 0.208. The van der Waals surface area contributed by atoms with Gasteiger partial charge in [-0.3, -0.25) is 4.72 Å². The second-order valence-electron chi connectivity index (χ2n) is 7.43. The van der Waals surface area contributed by atoms with Gasteiger partial charge in [0.05, 0.1) is 23.4 Å². The molecular formula is C21H19F3N2O4S2. The third kappa shape index (κ3) is 4.45. The van der Waals surface area contributed by atoms with E-state index in [4.69, 9.17) is 4.74 Å². The first-order valence-electron chi connectivity index (χ1n) is 9.60. The van der Waals surface area contributed by atoms with E-state index in [9.17, 15) is 26.7 Å². The summed E-state index contributed by atoms with van der Waals surface area (Å²) >= 11 is 1.56. The van der Waals surface area contributed by atoms with Crippen LogP contribution in [0.2, 0.25) is 0 Å². The van der Waals surface area contributed by atoms with Crippen molar-refractivity contribution in [2.45, 2.75) is 25.0 Å². The van der Waals surface area contributed by atoms with E-state index in [0.717, 1.165) is 9.88 Å². The van der Waals surface area contributed by atoms with Crippen molar-refractivity contribution in [2.24, 2.45) is 5.92 Å². The van der Waals surface area contributed by atoms with Crippen LogP contribution >= 0.6 is 11.3 Å². The maximum Gasteiger partial charge on any atom is 0.516 e. The first kappa shape index (κ1) is 22.6. The Labute approximate surface area is 186 Å². The molecule has 4 rings (SSSR count). The van der Waals surface area contributed by atoms with Gasteiger partial charge in [0, 0.05) is 34.5 Å². The van der Waals surface area contributed by atoms with E-state index < -0.39 is 21.6 Å². The molecule has 0 spiro atoms. The summed E-state index contributed by atoms with van der Waals surface area (Å²) in [6, 6.07) is 10.6. The van der Waals surface area contributed by atoms with Crippen molar-refractivity contribution in [3.05, 3.63) is 64.1 Å². The first-order valence-corrected chi connectivity index (χ1v) is 11.9. The Hall–Kier alpha value is -2.63. The fourth-order valence-electron chi connectivity index (χ4n) is 3.53. The molecule has 0 radical (unpaired) electrons. The van der Waals surface area contributed by atoms with Gasteiger partial charge in [-0.15, -0.1) is 11.3 Å². The van der Waals surface area contributed by atoms with Crippen LogP contribution in [-0.4, -0.2) is 30.6 Å². The molecule has 0 amide bonds. The van der Waals surface area contributed by atoms with Crippen molar-refractivity contribution in [3.63, 3.8) is 0 Å². The summed E-state index contributed by atoms with van der Waals surface area (Å²) in [7, 11) is -5.57. The lowest BCUT2D eigenvalue weighted by Gasteiger charge is -2.30. The fraction of sp³-hybridized carbons (Fsp3) is 0.286. The van der Waals surface area contributed by atoms with E-state index in [0.29, 0.717) is 23.3 Å². The summed E-state index contributed by atoms with van der Waals surface area (Å²) in [6.45, 7) is 2.21. The molecule has 0 unspecified atom stereocenters. The van der Waals surface area contributed by atoms with Crippen LogP contribution in [0.4, 0.5) is 18.9 Å². The highest BCUT2D eigenvalue weighted by Gasteiger charge is 2.46. The number of ether oxygens (including phenoxy) is 1. The number of nitrogens with one attached hydrogen (secondary N) is 1. The minimum atomic E-state index is -5.57. The molecule has 3 aromatic rings. The third-order valence-corrected chi connectivity index (χ3v) is 7.16. The molecule has 32 heavy (non-hydrogen) atoms. The van der Waals surface area contributed by atoms with E-state index in [1.54, 1.807) is 46.5 Å². The minimum absolute atomic E-state index is 0.190. The zero-order chi connectivity index (χ0) is 23.1. The Morgan fingerprint density at radius 3 is 2.69 bits per heavy atom. The molecule has 0 aliphatic carbocycles. The van der Waals surface area contributed by atoms with Crippen LogP contribution in [0, 0.1) is 12.8 Å². The Morgan fingerprint density at radius 1 is 1.25 bits per heavy atom. The van der Waals surface area contributed by atoms with Gasteiger partial charge in [0.15, 0.2) is 0 Å². The SMILES string of the molecule is Cc1cnc(C[C@@H]2COc3cc(-c4ccccc4NS(=O)(=O)C(F)(F)F)ccc3[C@H]2O)s1. The Balaban J connectivity index is 1.61. The number of alkyl halides is 3. The summed E-state index contributed by atoms with van der Waals surface area (Å²) in [6.07, 6.45) is 1.54. The van der Waals surface area contributed by atoms with E-state index >= 15 is 0 Å². The summed E-state index contributed by atoms with van der Waals surface area (Å²) < 4.78 is 69.0. The number of thiazole rings is 1. The number of benzene rings is 2. The quantitative estimate of drug-likeness (QED) is 0.550.